The molecule has 3 rings (SSSR count). The summed E-state index contributed by atoms with van der Waals surface area (Å²) in [6.45, 7) is 4.38. The Kier molecular flexibility index (Phi) is 5.67. The Morgan fingerprint density at radius 3 is 2.60 bits per heavy atom. The van der Waals surface area contributed by atoms with Crippen LogP contribution in [0.2, 0.25) is 0 Å². The third-order valence-corrected chi connectivity index (χ3v) is 5.26. The number of ether oxygens (including phenoxy) is 1. The summed E-state index contributed by atoms with van der Waals surface area (Å²) in [6.07, 6.45) is 0. The van der Waals surface area contributed by atoms with Crippen LogP contribution < -0.4 is 4.74 Å². The third-order valence-electron chi connectivity index (χ3n) is 3.97. The maximum Gasteiger partial charge on any atom is 0.199 e. The molecule has 0 radical (unpaired) electrons. The molecule has 0 fully saturated rings. The summed E-state index contributed by atoms with van der Waals surface area (Å²) < 4.78 is 9.95. The first-order chi connectivity index (χ1) is 12.1. The molecular weight excluding hydrogens is 352 g/mol. The quantitative estimate of drug-likeness (QED) is 0.579. The van der Waals surface area contributed by atoms with E-state index in [9.17, 15) is 0 Å². The number of aromatic nitrogens is 3. The molecule has 0 aliphatic carbocycles. The van der Waals surface area contributed by atoms with Crippen LogP contribution in [0.1, 0.15) is 12.5 Å². The predicted molar refractivity (Wildman–Crippen MR) is 104 cm³/mol. The predicted octanol–water partition coefficient (Wildman–Crippen LogP) is 4.26. The number of hydrogen-bond donors (Lipinski definition) is 0. The SMILES string of the molecule is CCn1c(-c2cccs2)nn(CN(C)Cc2ccc(OC)cc2)c1=S. The zero-order chi connectivity index (χ0) is 17.8. The van der Waals surface area contributed by atoms with Crippen molar-refractivity contribution in [3.8, 4) is 16.5 Å². The van der Waals surface area contributed by atoms with E-state index < -0.39 is 0 Å². The minimum Gasteiger partial charge on any atom is -0.497 e. The number of methoxy groups -OCH3 is 1. The van der Waals surface area contributed by atoms with Gasteiger partial charge in [-0.3, -0.25) is 9.47 Å². The highest BCUT2D eigenvalue weighted by molar-refractivity contribution is 7.71. The van der Waals surface area contributed by atoms with Crippen molar-refractivity contribution in [1.82, 2.24) is 19.2 Å². The first kappa shape index (κ1) is 17.8. The minimum atomic E-state index is 0.649. The Morgan fingerprint density at radius 2 is 2.00 bits per heavy atom. The lowest BCUT2D eigenvalue weighted by Crippen LogP contribution is -2.22. The summed E-state index contributed by atoms with van der Waals surface area (Å²) in [5, 5.41) is 6.82. The van der Waals surface area contributed by atoms with E-state index in [0.717, 1.165) is 34.3 Å². The standard InChI is InChI=1S/C18H22N4OS2/c1-4-21-17(16-6-5-11-25-16)19-22(18(21)24)13-20(2)12-14-7-9-15(23-3)10-8-14/h5-11H,4,12-13H2,1-3H3. The maximum atomic E-state index is 5.63. The first-order valence-corrected chi connectivity index (χ1v) is 9.44. The highest BCUT2D eigenvalue weighted by Gasteiger charge is 2.13. The van der Waals surface area contributed by atoms with Crippen molar-refractivity contribution in [3.63, 3.8) is 0 Å². The van der Waals surface area contributed by atoms with Crippen LogP contribution in [0.4, 0.5) is 0 Å². The van der Waals surface area contributed by atoms with Gasteiger partial charge in [0, 0.05) is 13.1 Å². The van der Waals surface area contributed by atoms with Crippen LogP contribution in [0, 0.1) is 4.77 Å². The van der Waals surface area contributed by atoms with Gasteiger partial charge in [0.25, 0.3) is 0 Å². The van der Waals surface area contributed by atoms with Gasteiger partial charge in [0.2, 0.25) is 0 Å². The Balaban J connectivity index is 1.76. The number of hydrogen-bond acceptors (Lipinski definition) is 5. The van der Waals surface area contributed by atoms with E-state index in [2.05, 4.69) is 47.0 Å². The van der Waals surface area contributed by atoms with E-state index in [1.54, 1.807) is 18.4 Å². The number of nitrogens with zero attached hydrogens (tertiary/aromatic N) is 4. The molecule has 0 amide bonds. The van der Waals surface area contributed by atoms with Gasteiger partial charge in [-0.25, -0.2) is 4.68 Å². The smallest absolute Gasteiger partial charge is 0.199 e. The van der Waals surface area contributed by atoms with Crippen molar-refractivity contribution in [2.24, 2.45) is 0 Å². The van der Waals surface area contributed by atoms with Gasteiger partial charge < -0.3 is 4.74 Å². The Hall–Kier alpha value is -1.96. The van der Waals surface area contributed by atoms with Crippen LogP contribution in [-0.4, -0.2) is 33.4 Å². The van der Waals surface area contributed by atoms with Crippen molar-refractivity contribution in [1.29, 1.82) is 0 Å². The number of benzene rings is 1. The molecule has 3 aromatic rings. The van der Waals surface area contributed by atoms with Crippen molar-refractivity contribution in [3.05, 3.63) is 52.1 Å². The van der Waals surface area contributed by atoms with Gasteiger partial charge in [0.15, 0.2) is 10.6 Å². The van der Waals surface area contributed by atoms with Gasteiger partial charge >= 0.3 is 0 Å². The molecule has 25 heavy (non-hydrogen) atoms. The fraction of sp³-hybridized carbons (Fsp3) is 0.333. The molecule has 5 nitrogen and oxygen atoms in total. The van der Waals surface area contributed by atoms with E-state index in [-0.39, 0.29) is 0 Å². The highest BCUT2D eigenvalue weighted by Crippen LogP contribution is 2.23. The summed E-state index contributed by atoms with van der Waals surface area (Å²) in [7, 11) is 3.75. The molecule has 0 aliphatic heterocycles. The fourth-order valence-electron chi connectivity index (χ4n) is 2.73. The van der Waals surface area contributed by atoms with E-state index in [1.165, 1.54) is 5.56 Å². The van der Waals surface area contributed by atoms with Gasteiger partial charge in [-0.05, 0) is 55.3 Å². The van der Waals surface area contributed by atoms with Gasteiger partial charge in [-0.2, -0.15) is 0 Å². The van der Waals surface area contributed by atoms with Crippen molar-refractivity contribution in [2.75, 3.05) is 14.2 Å². The van der Waals surface area contributed by atoms with E-state index in [0.29, 0.717) is 6.67 Å². The summed E-state index contributed by atoms with van der Waals surface area (Å²) >= 11 is 7.31. The molecule has 132 valence electrons. The van der Waals surface area contributed by atoms with Gasteiger partial charge in [-0.1, -0.05) is 18.2 Å². The van der Waals surface area contributed by atoms with E-state index >= 15 is 0 Å². The molecule has 1 aromatic carbocycles. The average Bonchev–Trinajstić information content (AvgIpc) is 3.24. The van der Waals surface area contributed by atoms with Crippen molar-refractivity contribution >= 4 is 23.6 Å². The molecule has 0 saturated heterocycles. The topological polar surface area (TPSA) is 35.2 Å². The Bertz CT molecular complexity index is 866. The van der Waals surface area contributed by atoms with Crippen LogP contribution >= 0.6 is 23.6 Å². The largest absolute Gasteiger partial charge is 0.497 e. The van der Waals surface area contributed by atoms with Crippen LogP contribution in [0.25, 0.3) is 10.7 Å². The second kappa shape index (κ2) is 7.95. The normalized spacial score (nSPS) is 11.2. The second-order valence-corrected chi connectivity index (χ2v) is 7.14. The molecule has 0 unspecified atom stereocenters. The van der Waals surface area contributed by atoms with E-state index in [1.807, 2.05) is 22.9 Å². The first-order valence-electron chi connectivity index (χ1n) is 8.15. The third kappa shape index (κ3) is 4.00. The highest BCUT2D eigenvalue weighted by atomic mass is 32.1. The maximum absolute atomic E-state index is 5.63. The van der Waals surface area contributed by atoms with Crippen LogP contribution in [0.3, 0.4) is 0 Å². The van der Waals surface area contributed by atoms with Gasteiger partial charge in [0.05, 0.1) is 18.7 Å². The van der Waals surface area contributed by atoms with Crippen LogP contribution in [0.5, 0.6) is 5.75 Å². The summed E-state index contributed by atoms with van der Waals surface area (Å²) in [4.78, 5) is 3.34. The summed E-state index contributed by atoms with van der Waals surface area (Å²) in [5.41, 5.74) is 1.23. The lowest BCUT2D eigenvalue weighted by molar-refractivity contribution is 0.244. The van der Waals surface area contributed by atoms with Gasteiger partial charge in [-0.15, -0.1) is 16.4 Å². The lowest BCUT2D eigenvalue weighted by Gasteiger charge is -2.16. The Morgan fingerprint density at radius 1 is 1.24 bits per heavy atom. The molecule has 0 saturated carbocycles. The molecule has 0 spiro atoms. The molecule has 7 heteroatoms. The molecule has 0 bridgehead atoms. The number of thiophene rings is 1. The van der Waals surface area contributed by atoms with Crippen molar-refractivity contribution in [2.45, 2.75) is 26.7 Å². The zero-order valence-corrected chi connectivity index (χ0v) is 16.3. The average molecular weight is 375 g/mol. The molecular formula is C18H22N4OS2. The molecule has 0 N–H and O–H groups in total. The lowest BCUT2D eigenvalue weighted by atomic mass is 10.2. The summed E-state index contributed by atoms with van der Waals surface area (Å²) in [5.74, 6) is 1.82. The second-order valence-electron chi connectivity index (χ2n) is 5.83. The zero-order valence-electron chi connectivity index (χ0n) is 14.7. The monoisotopic (exact) mass is 374 g/mol. The molecule has 2 heterocycles. The molecule has 0 atom stereocenters. The van der Waals surface area contributed by atoms with Crippen molar-refractivity contribution < 1.29 is 4.74 Å². The molecule has 2 aromatic heterocycles. The van der Waals surface area contributed by atoms with Gasteiger partial charge in [0.1, 0.15) is 5.75 Å². The number of rotatable bonds is 7. The van der Waals surface area contributed by atoms with E-state index in [4.69, 9.17) is 22.1 Å². The summed E-state index contributed by atoms with van der Waals surface area (Å²) in [6, 6.07) is 12.2. The Labute approximate surface area is 157 Å². The van der Waals surface area contributed by atoms with Crippen LogP contribution in [-0.2, 0) is 19.8 Å². The minimum absolute atomic E-state index is 0.649. The fourth-order valence-corrected chi connectivity index (χ4v) is 3.76. The van der Waals surface area contributed by atoms with Crippen LogP contribution in [0.15, 0.2) is 41.8 Å². The molecule has 0 aliphatic rings.